The first kappa shape index (κ1) is 12.0. The van der Waals surface area contributed by atoms with Crippen LogP contribution in [0.1, 0.15) is 52.4 Å². The minimum atomic E-state index is 0.587. The van der Waals surface area contributed by atoms with Crippen LogP contribution in [0.4, 0.5) is 0 Å². The molecule has 3 aliphatic rings. The van der Waals surface area contributed by atoms with Crippen LogP contribution in [-0.2, 0) is 0 Å². The molecule has 2 heterocycles. The molecular weight excluding hydrogens is 208 g/mol. The smallest absolute Gasteiger partial charge is 0.0235 e. The molecule has 98 valence electrons. The predicted molar refractivity (Wildman–Crippen MR) is 72.1 cm³/mol. The fraction of sp³-hybridized carbons (Fsp3) is 1.00. The molecule has 3 fully saturated rings. The fourth-order valence-corrected chi connectivity index (χ4v) is 4.35. The van der Waals surface area contributed by atoms with Gasteiger partial charge in [-0.15, -0.1) is 0 Å². The highest BCUT2D eigenvalue weighted by Crippen LogP contribution is 2.39. The summed E-state index contributed by atoms with van der Waals surface area (Å²) in [4.78, 5) is 2.81. The molecule has 2 saturated heterocycles. The first-order valence-electron chi connectivity index (χ1n) is 7.61. The summed E-state index contributed by atoms with van der Waals surface area (Å²) in [5, 5.41) is 3.73. The Balaban J connectivity index is 1.61. The molecular formula is C15H28N2. The molecule has 17 heavy (non-hydrogen) atoms. The van der Waals surface area contributed by atoms with Gasteiger partial charge in [0.15, 0.2) is 0 Å². The highest BCUT2D eigenvalue weighted by Gasteiger charge is 2.39. The van der Waals surface area contributed by atoms with Crippen LogP contribution < -0.4 is 5.32 Å². The molecule has 3 unspecified atom stereocenters. The van der Waals surface area contributed by atoms with Gasteiger partial charge in [0, 0.05) is 25.2 Å². The summed E-state index contributed by atoms with van der Waals surface area (Å²) in [5.74, 6) is 0.953. The zero-order valence-corrected chi connectivity index (χ0v) is 11.5. The van der Waals surface area contributed by atoms with E-state index in [2.05, 4.69) is 24.1 Å². The standard InChI is InChI=1S/C15H28N2/c1-15(2)7-3-6-13(9-15)17-10-12-5-4-8-16-14(12)11-17/h12-14,16H,3-11H2,1-2H3. The molecule has 0 aromatic carbocycles. The number of nitrogens with one attached hydrogen (secondary N) is 1. The van der Waals surface area contributed by atoms with E-state index in [-0.39, 0.29) is 0 Å². The molecule has 2 nitrogen and oxygen atoms in total. The largest absolute Gasteiger partial charge is 0.312 e. The second-order valence-electron chi connectivity index (χ2n) is 7.33. The van der Waals surface area contributed by atoms with Crippen molar-refractivity contribution in [3.8, 4) is 0 Å². The second kappa shape index (κ2) is 4.55. The van der Waals surface area contributed by atoms with Crippen molar-refractivity contribution < 1.29 is 0 Å². The average molecular weight is 236 g/mol. The highest BCUT2D eigenvalue weighted by molar-refractivity contribution is 4.96. The summed E-state index contributed by atoms with van der Waals surface area (Å²) in [7, 11) is 0. The van der Waals surface area contributed by atoms with Gasteiger partial charge in [-0.1, -0.05) is 20.3 Å². The van der Waals surface area contributed by atoms with Crippen molar-refractivity contribution in [1.82, 2.24) is 10.2 Å². The van der Waals surface area contributed by atoms with Crippen LogP contribution in [-0.4, -0.2) is 36.6 Å². The van der Waals surface area contributed by atoms with E-state index in [4.69, 9.17) is 0 Å². The van der Waals surface area contributed by atoms with Crippen molar-refractivity contribution in [1.29, 1.82) is 0 Å². The number of nitrogens with zero attached hydrogens (tertiary/aromatic N) is 1. The van der Waals surface area contributed by atoms with E-state index in [0.717, 1.165) is 18.0 Å². The Hall–Kier alpha value is -0.0800. The van der Waals surface area contributed by atoms with Gasteiger partial charge in [0.25, 0.3) is 0 Å². The molecule has 0 spiro atoms. The number of rotatable bonds is 1. The number of likely N-dealkylation sites (tertiary alicyclic amines) is 1. The van der Waals surface area contributed by atoms with E-state index in [1.54, 1.807) is 0 Å². The lowest BCUT2D eigenvalue weighted by Crippen LogP contribution is -2.42. The van der Waals surface area contributed by atoms with Crippen LogP contribution in [0.15, 0.2) is 0 Å². The minimum Gasteiger partial charge on any atom is -0.312 e. The Bertz CT molecular complexity index is 260. The lowest BCUT2D eigenvalue weighted by atomic mass is 9.75. The fourth-order valence-electron chi connectivity index (χ4n) is 4.35. The summed E-state index contributed by atoms with van der Waals surface area (Å²) in [5.41, 5.74) is 0.587. The Morgan fingerprint density at radius 1 is 1.12 bits per heavy atom. The highest BCUT2D eigenvalue weighted by atomic mass is 15.2. The molecule has 0 bridgehead atoms. The van der Waals surface area contributed by atoms with Crippen LogP contribution in [0.25, 0.3) is 0 Å². The molecule has 2 heteroatoms. The molecule has 0 amide bonds. The predicted octanol–water partition coefficient (Wildman–Crippen LogP) is 2.64. The van der Waals surface area contributed by atoms with Crippen molar-refractivity contribution >= 4 is 0 Å². The molecule has 0 radical (unpaired) electrons. The van der Waals surface area contributed by atoms with Crippen molar-refractivity contribution in [3.63, 3.8) is 0 Å². The monoisotopic (exact) mass is 236 g/mol. The Morgan fingerprint density at radius 3 is 2.76 bits per heavy atom. The lowest BCUT2D eigenvalue weighted by molar-refractivity contribution is 0.110. The minimum absolute atomic E-state index is 0.587. The van der Waals surface area contributed by atoms with Crippen molar-refractivity contribution in [2.24, 2.45) is 11.3 Å². The van der Waals surface area contributed by atoms with Crippen LogP contribution >= 0.6 is 0 Å². The van der Waals surface area contributed by atoms with Gasteiger partial charge in [-0.25, -0.2) is 0 Å². The summed E-state index contributed by atoms with van der Waals surface area (Å²) in [6, 6.07) is 1.69. The third kappa shape index (κ3) is 2.53. The molecule has 0 aromatic rings. The van der Waals surface area contributed by atoms with Crippen molar-refractivity contribution in [2.45, 2.75) is 64.5 Å². The van der Waals surface area contributed by atoms with Crippen LogP contribution in [0.2, 0.25) is 0 Å². The van der Waals surface area contributed by atoms with Gasteiger partial charge in [-0.2, -0.15) is 0 Å². The average Bonchev–Trinajstić information content (AvgIpc) is 2.71. The number of hydrogen-bond acceptors (Lipinski definition) is 2. The molecule has 1 aliphatic carbocycles. The number of piperidine rings is 1. The van der Waals surface area contributed by atoms with E-state index < -0.39 is 0 Å². The van der Waals surface area contributed by atoms with Gasteiger partial charge >= 0.3 is 0 Å². The maximum Gasteiger partial charge on any atom is 0.0235 e. The summed E-state index contributed by atoms with van der Waals surface area (Å²) in [6.45, 7) is 8.87. The van der Waals surface area contributed by atoms with Gasteiger partial charge in [0.1, 0.15) is 0 Å². The normalized spacial score (nSPS) is 42.4. The zero-order chi connectivity index (χ0) is 11.9. The summed E-state index contributed by atoms with van der Waals surface area (Å²) < 4.78 is 0. The van der Waals surface area contributed by atoms with Crippen molar-refractivity contribution in [2.75, 3.05) is 19.6 Å². The lowest BCUT2D eigenvalue weighted by Gasteiger charge is -2.39. The summed E-state index contributed by atoms with van der Waals surface area (Å²) in [6.07, 6.45) is 8.60. The molecule has 3 rings (SSSR count). The summed E-state index contributed by atoms with van der Waals surface area (Å²) >= 11 is 0. The van der Waals surface area contributed by atoms with E-state index in [1.807, 2.05) is 0 Å². The molecule has 1 saturated carbocycles. The number of fused-ring (bicyclic) bond motifs is 1. The molecule has 1 N–H and O–H groups in total. The van der Waals surface area contributed by atoms with Crippen LogP contribution in [0.3, 0.4) is 0 Å². The Labute approximate surface area is 106 Å². The maximum absolute atomic E-state index is 3.73. The Kier molecular flexibility index (Phi) is 3.20. The SMILES string of the molecule is CC1(C)CCCC(N2CC3CCCNC3C2)C1. The first-order chi connectivity index (χ1) is 8.14. The van der Waals surface area contributed by atoms with Crippen LogP contribution in [0.5, 0.6) is 0 Å². The third-order valence-corrected chi connectivity index (χ3v) is 5.32. The quantitative estimate of drug-likeness (QED) is 0.753. The molecule has 0 aromatic heterocycles. The number of hydrogen-bond donors (Lipinski definition) is 1. The van der Waals surface area contributed by atoms with E-state index in [9.17, 15) is 0 Å². The van der Waals surface area contributed by atoms with Crippen LogP contribution in [0, 0.1) is 11.3 Å². The van der Waals surface area contributed by atoms with E-state index in [0.29, 0.717) is 5.41 Å². The first-order valence-corrected chi connectivity index (χ1v) is 7.61. The van der Waals surface area contributed by atoms with Gasteiger partial charge in [-0.05, 0) is 50.0 Å². The van der Waals surface area contributed by atoms with Gasteiger partial charge in [0.2, 0.25) is 0 Å². The van der Waals surface area contributed by atoms with Crippen molar-refractivity contribution in [3.05, 3.63) is 0 Å². The molecule has 2 aliphatic heterocycles. The third-order valence-electron chi connectivity index (χ3n) is 5.32. The van der Waals surface area contributed by atoms with E-state index >= 15 is 0 Å². The zero-order valence-electron chi connectivity index (χ0n) is 11.5. The second-order valence-corrected chi connectivity index (χ2v) is 7.33. The Morgan fingerprint density at radius 2 is 2.00 bits per heavy atom. The van der Waals surface area contributed by atoms with E-state index in [1.165, 1.54) is 58.2 Å². The van der Waals surface area contributed by atoms with Gasteiger partial charge in [0.05, 0.1) is 0 Å². The topological polar surface area (TPSA) is 15.3 Å². The molecule has 3 atom stereocenters. The maximum atomic E-state index is 3.73. The van der Waals surface area contributed by atoms with Gasteiger partial charge < -0.3 is 5.32 Å². The van der Waals surface area contributed by atoms with Gasteiger partial charge in [-0.3, -0.25) is 4.90 Å².